The number of carbonyl (C=O) groups excluding carboxylic acids is 1. The minimum Gasteiger partial charge on any atom is -0.353 e. The number of rotatable bonds is 4. The number of thioether (sulfide) groups is 1. The van der Waals surface area contributed by atoms with Crippen molar-refractivity contribution in [3.8, 4) is 0 Å². The number of halogens is 1. The van der Waals surface area contributed by atoms with Gasteiger partial charge in [0.15, 0.2) is 0 Å². The Bertz CT molecular complexity index is 204. The lowest BCUT2D eigenvalue weighted by atomic mass is 10.1. The third-order valence-electron chi connectivity index (χ3n) is 2.65. The van der Waals surface area contributed by atoms with E-state index in [9.17, 15) is 4.79 Å². The molecule has 15 heavy (non-hydrogen) atoms. The molecule has 0 aromatic heterocycles. The summed E-state index contributed by atoms with van der Waals surface area (Å²) in [5, 5.41) is 3.03. The summed E-state index contributed by atoms with van der Waals surface area (Å²) in [6.45, 7) is 2.04. The van der Waals surface area contributed by atoms with Crippen molar-refractivity contribution in [3.05, 3.63) is 0 Å². The Hall–Kier alpha value is 0.0700. The molecular formula is C10H21ClN2OS. The zero-order valence-corrected chi connectivity index (χ0v) is 11.0. The second-order valence-electron chi connectivity index (χ2n) is 4.14. The van der Waals surface area contributed by atoms with Crippen LogP contribution in [0.2, 0.25) is 0 Å². The molecule has 1 aliphatic rings. The van der Waals surface area contributed by atoms with Crippen molar-refractivity contribution in [1.29, 1.82) is 0 Å². The van der Waals surface area contributed by atoms with Crippen LogP contribution in [-0.4, -0.2) is 30.0 Å². The van der Waals surface area contributed by atoms with Crippen LogP contribution in [0, 0.1) is 5.92 Å². The molecule has 1 saturated carbocycles. The first kappa shape index (κ1) is 15.1. The summed E-state index contributed by atoms with van der Waals surface area (Å²) in [6.07, 6.45) is 4.86. The Morgan fingerprint density at radius 3 is 2.73 bits per heavy atom. The zero-order valence-electron chi connectivity index (χ0n) is 9.36. The van der Waals surface area contributed by atoms with Crippen LogP contribution in [0.1, 0.15) is 26.2 Å². The van der Waals surface area contributed by atoms with E-state index in [1.54, 1.807) is 11.8 Å². The maximum atomic E-state index is 11.7. The third kappa shape index (κ3) is 5.09. The maximum Gasteiger partial charge on any atom is 0.223 e. The molecule has 1 rings (SSSR count). The fraction of sp³-hybridized carbons (Fsp3) is 0.900. The van der Waals surface area contributed by atoms with Gasteiger partial charge in [-0.2, -0.15) is 11.8 Å². The maximum absolute atomic E-state index is 11.7. The van der Waals surface area contributed by atoms with Crippen LogP contribution >= 0.6 is 24.2 Å². The van der Waals surface area contributed by atoms with E-state index in [4.69, 9.17) is 5.73 Å². The van der Waals surface area contributed by atoms with Crippen molar-refractivity contribution in [3.63, 3.8) is 0 Å². The molecule has 3 nitrogen and oxygen atoms in total. The Balaban J connectivity index is 0.00000196. The molecule has 5 heteroatoms. The average molecular weight is 253 g/mol. The monoisotopic (exact) mass is 252 g/mol. The van der Waals surface area contributed by atoms with Gasteiger partial charge in [0.25, 0.3) is 0 Å². The lowest BCUT2D eigenvalue weighted by molar-refractivity contribution is -0.125. The normalized spacial score (nSPS) is 26.9. The molecule has 0 spiro atoms. The summed E-state index contributed by atoms with van der Waals surface area (Å²) in [6, 6.07) is 0.510. The largest absolute Gasteiger partial charge is 0.353 e. The van der Waals surface area contributed by atoms with Crippen molar-refractivity contribution in [2.45, 2.75) is 38.3 Å². The number of nitrogens with one attached hydrogen (secondary N) is 1. The van der Waals surface area contributed by atoms with E-state index in [0.717, 1.165) is 25.0 Å². The van der Waals surface area contributed by atoms with Crippen LogP contribution in [0.15, 0.2) is 0 Å². The molecule has 1 amide bonds. The van der Waals surface area contributed by atoms with Crippen LogP contribution in [0.3, 0.4) is 0 Å². The standard InChI is InChI=1S/C10H20N2OS.ClH/c1-7(6-14-2)12-10(13)8-3-4-9(11)5-8;/h7-9H,3-6,11H2,1-2H3,(H,12,13);1H. The molecule has 0 radical (unpaired) electrons. The first-order chi connectivity index (χ1) is 6.63. The predicted molar refractivity (Wildman–Crippen MR) is 68.6 cm³/mol. The summed E-state index contributed by atoms with van der Waals surface area (Å²) < 4.78 is 0. The second kappa shape index (κ2) is 7.36. The predicted octanol–water partition coefficient (Wildman–Crippen LogP) is 1.40. The first-order valence-electron chi connectivity index (χ1n) is 5.18. The van der Waals surface area contributed by atoms with E-state index in [2.05, 4.69) is 5.32 Å². The molecule has 1 aliphatic carbocycles. The number of carbonyl (C=O) groups is 1. The highest BCUT2D eigenvalue weighted by Crippen LogP contribution is 2.24. The van der Waals surface area contributed by atoms with Crippen molar-refractivity contribution in [2.24, 2.45) is 11.7 Å². The van der Waals surface area contributed by atoms with Gasteiger partial charge in [-0.05, 0) is 32.4 Å². The zero-order chi connectivity index (χ0) is 10.6. The lowest BCUT2D eigenvalue weighted by Crippen LogP contribution is -2.38. The SMILES string of the molecule is CSCC(C)NC(=O)C1CCC(N)C1.Cl. The van der Waals surface area contributed by atoms with Crippen LogP contribution in [-0.2, 0) is 4.79 Å². The summed E-state index contributed by atoms with van der Waals surface area (Å²) >= 11 is 1.76. The van der Waals surface area contributed by atoms with Gasteiger partial charge in [0.05, 0.1) is 0 Å². The van der Waals surface area contributed by atoms with Gasteiger partial charge in [0.2, 0.25) is 5.91 Å². The van der Waals surface area contributed by atoms with Gasteiger partial charge in [-0.15, -0.1) is 12.4 Å². The summed E-state index contributed by atoms with van der Waals surface area (Å²) in [5.41, 5.74) is 5.77. The van der Waals surface area contributed by atoms with Gasteiger partial charge in [0, 0.05) is 23.8 Å². The van der Waals surface area contributed by atoms with Gasteiger partial charge >= 0.3 is 0 Å². The van der Waals surface area contributed by atoms with Crippen molar-refractivity contribution >= 4 is 30.1 Å². The van der Waals surface area contributed by atoms with E-state index in [-0.39, 0.29) is 36.3 Å². The van der Waals surface area contributed by atoms with Gasteiger partial charge in [-0.3, -0.25) is 4.79 Å². The summed E-state index contributed by atoms with van der Waals surface area (Å²) in [7, 11) is 0. The van der Waals surface area contributed by atoms with Gasteiger partial charge in [-0.1, -0.05) is 0 Å². The fourth-order valence-electron chi connectivity index (χ4n) is 1.91. The molecule has 0 aromatic carbocycles. The Morgan fingerprint density at radius 2 is 2.27 bits per heavy atom. The molecule has 0 heterocycles. The van der Waals surface area contributed by atoms with Crippen LogP contribution in [0.5, 0.6) is 0 Å². The molecular weight excluding hydrogens is 232 g/mol. The highest BCUT2D eigenvalue weighted by atomic mass is 35.5. The minimum absolute atomic E-state index is 0. The number of hydrogen-bond acceptors (Lipinski definition) is 3. The van der Waals surface area contributed by atoms with Gasteiger partial charge in [0.1, 0.15) is 0 Å². The van der Waals surface area contributed by atoms with E-state index in [0.29, 0.717) is 0 Å². The molecule has 0 aliphatic heterocycles. The Morgan fingerprint density at radius 1 is 1.60 bits per heavy atom. The minimum atomic E-state index is 0. The topological polar surface area (TPSA) is 55.1 Å². The molecule has 0 bridgehead atoms. The highest BCUT2D eigenvalue weighted by Gasteiger charge is 2.28. The molecule has 3 N–H and O–H groups in total. The third-order valence-corrected chi connectivity index (χ3v) is 3.48. The van der Waals surface area contributed by atoms with Crippen molar-refractivity contribution in [1.82, 2.24) is 5.32 Å². The van der Waals surface area contributed by atoms with E-state index < -0.39 is 0 Å². The fourth-order valence-corrected chi connectivity index (χ4v) is 2.49. The smallest absolute Gasteiger partial charge is 0.223 e. The molecule has 1 fully saturated rings. The summed E-state index contributed by atoms with van der Waals surface area (Å²) in [5.74, 6) is 1.33. The first-order valence-corrected chi connectivity index (χ1v) is 6.57. The number of hydrogen-bond donors (Lipinski definition) is 2. The Labute approximate surface area is 102 Å². The van der Waals surface area contributed by atoms with Crippen LogP contribution in [0.4, 0.5) is 0 Å². The molecule has 0 saturated heterocycles. The number of amides is 1. The second-order valence-corrected chi connectivity index (χ2v) is 5.05. The van der Waals surface area contributed by atoms with Gasteiger partial charge < -0.3 is 11.1 Å². The number of nitrogens with two attached hydrogens (primary N) is 1. The van der Waals surface area contributed by atoms with E-state index in [1.807, 2.05) is 13.2 Å². The molecule has 3 atom stereocenters. The molecule has 3 unspecified atom stereocenters. The lowest BCUT2D eigenvalue weighted by Gasteiger charge is -2.15. The van der Waals surface area contributed by atoms with Crippen molar-refractivity contribution in [2.75, 3.05) is 12.0 Å². The molecule has 90 valence electrons. The van der Waals surface area contributed by atoms with E-state index >= 15 is 0 Å². The van der Waals surface area contributed by atoms with Crippen LogP contribution in [0.25, 0.3) is 0 Å². The van der Waals surface area contributed by atoms with E-state index in [1.165, 1.54) is 0 Å². The van der Waals surface area contributed by atoms with Gasteiger partial charge in [-0.25, -0.2) is 0 Å². The van der Waals surface area contributed by atoms with Crippen molar-refractivity contribution < 1.29 is 4.79 Å². The summed E-state index contributed by atoms with van der Waals surface area (Å²) in [4.78, 5) is 11.7. The average Bonchev–Trinajstić information content (AvgIpc) is 2.52. The highest BCUT2D eigenvalue weighted by molar-refractivity contribution is 7.98. The molecule has 0 aromatic rings. The quantitative estimate of drug-likeness (QED) is 0.796. The Kier molecular flexibility index (Phi) is 7.40. The van der Waals surface area contributed by atoms with Crippen LogP contribution < -0.4 is 11.1 Å².